The number of fused-ring (bicyclic) bond motifs is 1. The lowest BCUT2D eigenvalue weighted by Crippen LogP contribution is -2.23. The topological polar surface area (TPSA) is 59.7 Å². The molecule has 0 aliphatic carbocycles. The second-order valence-corrected chi connectivity index (χ2v) is 7.91. The highest BCUT2D eigenvalue weighted by atomic mass is 32.1. The molecule has 2 aromatic heterocycles. The Labute approximate surface area is 172 Å². The van der Waals surface area contributed by atoms with Gasteiger partial charge in [-0.2, -0.15) is 9.50 Å². The van der Waals surface area contributed by atoms with Gasteiger partial charge in [-0.1, -0.05) is 30.4 Å². The lowest BCUT2D eigenvalue weighted by Gasteiger charge is -2.11. The number of thiazole rings is 1. The van der Waals surface area contributed by atoms with Crippen LogP contribution in [0.2, 0.25) is 0 Å². The molecule has 0 spiro atoms. The van der Waals surface area contributed by atoms with Crippen LogP contribution in [-0.4, -0.2) is 35.3 Å². The van der Waals surface area contributed by atoms with Crippen molar-refractivity contribution in [1.29, 1.82) is 0 Å². The third kappa shape index (κ3) is 4.00. The van der Waals surface area contributed by atoms with E-state index in [-0.39, 0.29) is 5.56 Å². The number of ether oxygens (including phenoxy) is 1. The first-order valence-corrected chi connectivity index (χ1v) is 10.3. The maximum Gasteiger partial charge on any atom is 0.291 e. The molecule has 0 atom stereocenters. The molecule has 0 unspecified atom stereocenters. The van der Waals surface area contributed by atoms with Crippen LogP contribution < -0.4 is 19.7 Å². The fraction of sp³-hybridized carbons (Fsp3) is 0.227. The standard InChI is InChI=1S/C22H22N4O2S/c1-4-13-28-18-11-7-16(8-12-18)20-23-22-26(24-20)21(27)19(29-22)14-15-5-9-17(10-6-15)25(2)3/h5-12,14H,4,13H2,1-3H3/b19-14-. The summed E-state index contributed by atoms with van der Waals surface area (Å²) < 4.78 is 7.60. The number of hydrogen-bond acceptors (Lipinski definition) is 6. The Morgan fingerprint density at radius 3 is 2.45 bits per heavy atom. The van der Waals surface area contributed by atoms with E-state index in [1.807, 2.05) is 73.6 Å². The van der Waals surface area contributed by atoms with Gasteiger partial charge in [0.25, 0.3) is 5.56 Å². The summed E-state index contributed by atoms with van der Waals surface area (Å²) in [6.45, 7) is 2.76. The van der Waals surface area contributed by atoms with Crippen LogP contribution in [0.3, 0.4) is 0 Å². The highest BCUT2D eigenvalue weighted by molar-refractivity contribution is 7.15. The molecule has 2 aromatic carbocycles. The van der Waals surface area contributed by atoms with Gasteiger partial charge in [-0.15, -0.1) is 5.10 Å². The summed E-state index contributed by atoms with van der Waals surface area (Å²) in [4.78, 5) is 19.9. The van der Waals surface area contributed by atoms with Gasteiger partial charge in [-0.05, 0) is 54.5 Å². The number of nitrogens with zero attached hydrogens (tertiary/aromatic N) is 4. The molecule has 0 aliphatic rings. The largest absolute Gasteiger partial charge is 0.494 e. The molecule has 4 rings (SSSR count). The summed E-state index contributed by atoms with van der Waals surface area (Å²) >= 11 is 1.35. The molecular weight excluding hydrogens is 384 g/mol. The molecule has 0 saturated heterocycles. The minimum Gasteiger partial charge on any atom is -0.494 e. The SMILES string of the molecule is CCCOc1ccc(-c2nc3s/c(=C\c4ccc(N(C)C)cc4)c(=O)n3n2)cc1. The Balaban J connectivity index is 1.63. The Morgan fingerprint density at radius 2 is 1.83 bits per heavy atom. The summed E-state index contributed by atoms with van der Waals surface area (Å²) in [6.07, 6.45) is 2.84. The summed E-state index contributed by atoms with van der Waals surface area (Å²) in [6, 6.07) is 15.7. The molecule has 0 bridgehead atoms. The maximum atomic E-state index is 12.7. The summed E-state index contributed by atoms with van der Waals surface area (Å²) in [5.74, 6) is 1.36. The van der Waals surface area contributed by atoms with Crippen LogP contribution in [0.15, 0.2) is 53.3 Å². The van der Waals surface area contributed by atoms with E-state index in [9.17, 15) is 4.79 Å². The Morgan fingerprint density at radius 1 is 1.10 bits per heavy atom. The molecule has 0 N–H and O–H groups in total. The van der Waals surface area contributed by atoms with E-state index in [2.05, 4.69) is 17.0 Å². The van der Waals surface area contributed by atoms with Crippen LogP contribution in [-0.2, 0) is 0 Å². The van der Waals surface area contributed by atoms with Crippen molar-refractivity contribution < 1.29 is 4.74 Å². The third-order valence-electron chi connectivity index (χ3n) is 4.47. The van der Waals surface area contributed by atoms with Crippen molar-refractivity contribution in [2.45, 2.75) is 13.3 Å². The zero-order chi connectivity index (χ0) is 20.4. The van der Waals surface area contributed by atoms with Gasteiger partial charge in [0.15, 0.2) is 5.82 Å². The molecule has 0 fully saturated rings. The van der Waals surface area contributed by atoms with E-state index in [0.29, 0.717) is 21.9 Å². The first kappa shape index (κ1) is 19.1. The summed E-state index contributed by atoms with van der Waals surface area (Å²) in [5.41, 5.74) is 2.79. The quantitative estimate of drug-likeness (QED) is 0.492. The van der Waals surface area contributed by atoms with Gasteiger partial charge in [0.1, 0.15) is 5.75 Å². The fourth-order valence-electron chi connectivity index (χ4n) is 2.90. The van der Waals surface area contributed by atoms with Crippen LogP contribution >= 0.6 is 11.3 Å². The predicted molar refractivity (Wildman–Crippen MR) is 118 cm³/mol. The van der Waals surface area contributed by atoms with Gasteiger partial charge in [-0.25, -0.2) is 0 Å². The van der Waals surface area contributed by atoms with Crippen molar-refractivity contribution in [2.75, 3.05) is 25.6 Å². The predicted octanol–water partition coefficient (Wildman–Crippen LogP) is 3.22. The molecule has 29 heavy (non-hydrogen) atoms. The molecule has 0 saturated carbocycles. The van der Waals surface area contributed by atoms with E-state index in [1.54, 1.807) is 0 Å². The van der Waals surface area contributed by atoms with Crippen molar-refractivity contribution in [1.82, 2.24) is 14.6 Å². The van der Waals surface area contributed by atoms with Gasteiger partial charge < -0.3 is 9.64 Å². The van der Waals surface area contributed by atoms with Crippen molar-refractivity contribution in [3.63, 3.8) is 0 Å². The smallest absolute Gasteiger partial charge is 0.291 e. The van der Waals surface area contributed by atoms with Crippen LogP contribution in [0.4, 0.5) is 5.69 Å². The van der Waals surface area contributed by atoms with Crippen molar-refractivity contribution >= 4 is 28.1 Å². The van der Waals surface area contributed by atoms with Crippen LogP contribution in [0.1, 0.15) is 18.9 Å². The zero-order valence-electron chi connectivity index (χ0n) is 16.6. The first-order valence-electron chi connectivity index (χ1n) is 9.47. The van der Waals surface area contributed by atoms with Crippen LogP contribution in [0.25, 0.3) is 22.4 Å². The highest BCUT2D eigenvalue weighted by Crippen LogP contribution is 2.20. The Bertz CT molecular complexity index is 1230. The highest BCUT2D eigenvalue weighted by Gasteiger charge is 2.12. The number of anilines is 1. The fourth-order valence-corrected chi connectivity index (χ4v) is 3.80. The van der Waals surface area contributed by atoms with Gasteiger partial charge in [0.05, 0.1) is 11.1 Å². The zero-order valence-corrected chi connectivity index (χ0v) is 17.4. The summed E-state index contributed by atoms with van der Waals surface area (Å²) in [7, 11) is 4.00. The molecule has 6 nitrogen and oxygen atoms in total. The average Bonchev–Trinajstić information content (AvgIpc) is 3.27. The van der Waals surface area contributed by atoms with Crippen molar-refractivity contribution in [3.05, 3.63) is 69.0 Å². The molecule has 4 aromatic rings. The molecule has 7 heteroatoms. The molecule has 0 radical (unpaired) electrons. The van der Waals surface area contributed by atoms with Crippen LogP contribution in [0.5, 0.6) is 5.75 Å². The van der Waals surface area contributed by atoms with Gasteiger partial charge in [0, 0.05) is 25.3 Å². The monoisotopic (exact) mass is 406 g/mol. The summed E-state index contributed by atoms with van der Waals surface area (Å²) in [5, 5.41) is 4.41. The average molecular weight is 407 g/mol. The molecular formula is C22H22N4O2S. The number of rotatable bonds is 6. The molecule has 2 heterocycles. The molecule has 148 valence electrons. The van der Waals surface area contributed by atoms with E-state index in [4.69, 9.17) is 4.74 Å². The minimum absolute atomic E-state index is 0.150. The lowest BCUT2D eigenvalue weighted by molar-refractivity contribution is 0.317. The molecule has 0 aliphatic heterocycles. The minimum atomic E-state index is -0.150. The molecule has 0 amide bonds. The Hall–Kier alpha value is -3.19. The van der Waals surface area contributed by atoms with E-state index in [1.165, 1.54) is 15.9 Å². The first-order chi connectivity index (χ1) is 14.0. The second kappa shape index (κ2) is 8.05. The van der Waals surface area contributed by atoms with E-state index >= 15 is 0 Å². The third-order valence-corrected chi connectivity index (χ3v) is 5.43. The van der Waals surface area contributed by atoms with E-state index in [0.717, 1.165) is 29.0 Å². The number of aromatic nitrogens is 3. The van der Waals surface area contributed by atoms with Gasteiger partial charge >= 0.3 is 0 Å². The number of hydrogen-bond donors (Lipinski definition) is 0. The van der Waals surface area contributed by atoms with Gasteiger partial charge in [-0.3, -0.25) is 4.79 Å². The van der Waals surface area contributed by atoms with Gasteiger partial charge in [0.2, 0.25) is 4.96 Å². The van der Waals surface area contributed by atoms with Crippen LogP contribution in [0, 0.1) is 0 Å². The second-order valence-electron chi connectivity index (χ2n) is 6.90. The maximum absolute atomic E-state index is 12.7. The normalized spacial score (nSPS) is 11.9. The number of benzene rings is 2. The van der Waals surface area contributed by atoms with Crippen molar-refractivity contribution in [3.8, 4) is 17.1 Å². The lowest BCUT2D eigenvalue weighted by atomic mass is 10.2. The van der Waals surface area contributed by atoms with Crippen molar-refractivity contribution in [2.24, 2.45) is 0 Å². The Kier molecular flexibility index (Phi) is 5.31. The van der Waals surface area contributed by atoms with E-state index < -0.39 is 0 Å².